The predicted octanol–water partition coefficient (Wildman–Crippen LogP) is 3.60. The summed E-state index contributed by atoms with van der Waals surface area (Å²) in [4.78, 5) is 37.4. The standard InChI is InChI=1S/C20H20N2O5/c1-4-18-20(24)21(11-17(23)14-6-5-12(2)13(3)9-14)16-10-15(22(25)26)7-8-19(16)27-18/h5-10,18H,4,11H2,1-3H3. The summed E-state index contributed by atoms with van der Waals surface area (Å²) in [6.07, 6.45) is -0.282. The van der Waals surface area contributed by atoms with Gasteiger partial charge >= 0.3 is 0 Å². The zero-order valence-electron chi connectivity index (χ0n) is 15.4. The largest absolute Gasteiger partial charge is 0.478 e. The number of benzene rings is 2. The number of hydrogen-bond acceptors (Lipinski definition) is 5. The lowest BCUT2D eigenvalue weighted by atomic mass is 10.0. The van der Waals surface area contributed by atoms with E-state index >= 15 is 0 Å². The molecular formula is C20H20N2O5. The molecule has 1 unspecified atom stereocenters. The fourth-order valence-corrected chi connectivity index (χ4v) is 3.00. The van der Waals surface area contributed by atoms with E-state index in [9.17, 15) is 19.7 Å². The Hall–Kier alpha value is -3.22. The fraction of sp³-hybridized carbons (Fsp3) is 0.300. The lowest BCUT2D eigenvalue weighted by Crippen LogP contribution is -2.47. The zero-order valence-corrected chi connectivity index (χ0v) is 15.4. The average Bonchev–Trinajstić information content (AvgIpc) is 2.65. The lowest BCUT2D eigenvalue weighted by Gasteiger charge is -2.33. The van der Waals surface area contributed by atoms with Crippen LogP contribution in [-0.2, 0) is 4.79 Å². The molecule has 2 aromatic rings. The second-order valence-electron chi connectivity index (χ2n) is 6.57. The van der Waals surface area contributed by atoms with Gasteiger partial charge in [-0.05, 0) is 43.5 Å². The van der Waals surface area contributed by atoms with E-state index in [-0.39, 0.29) is 29.6 Å². The highest BCUT2D eigenvalue weighted by Crippen LogP contribution is 2.37. The molecule has 0 N–H and O–H groups in total. The third kappa shape index (κ3) is 3.53. The van der Waals surface area contributed by atoms with Crippen LogP contribution in [0.3, 0.4) is 0 Å². The van der Waals surface area contributed by atoms with Crippen LogP contribution in [0.4, 0.5) is 11.4 Å². The number of nitro groups is 1. The molecule has 0 fully saturated rings. The Labute approximate surface area is 156 Å². The minimum atomic E-state index is -0.716. The van der Waals surface area contributed by atoms with Crippen LogP contribution >= 0.6 is 0 Å². The van der Waals surface area contributed by atoms with Crippen LogP contribution in [0.2, 0.25) is 0 Å². The second-order valence-corrected chi connectivity index (χ2v) is 6.57. The molecule has 1 heterocycles. The summed E-state index contributed by atoms with van der Waals surface area (Å²) in [7, 11) is 0. The van der Waals surface area contributed by atoms with E-state index in [1.165, 1.54) is 23.1 Å². The van der Waals surface area contributed by atoms with Gasteiger partial charge in [0.05, 0.1) is 17.2 Å². The van der Waals surface area contributed by atoms with Crippen molar-refractivity contribution in [1.82, 2.24) is 0 Å². The van der Waals surface area contributed by atoms with Crippen molar-refractivity contribution in [1.29, 1.82) is 0 Å². The molecule has 0 radical (unpaired) electrons. The Morgan fingerprint density at radius 2 is 1.93 bits per heavy atom. The zero-order chi connectivity index (χ0) is 19.7. The first-order valence-corrected chi connectivity index (χ1v) is 8.68. The Kier molecular flexibility index (Phi) is 4.94. The number of ketones is 1. The first kappa shape index (κ1) is 18.6. The normalized spacial score (nSPS) is 15.9. The lowest BCUT2D eigenvalue weighted by molar-refractivity contribution is -0.384. The van der Waals surface area contributed by atoms with Gasteiger partial charge in [0.25, 0.3) is 11.6 Å². The van der Waals surface area contributed by atoms with Gasteiger partial charge in [0.1, 0.15) is 5.75 Å². The fourth-order valence-electron chi connectivity index (χ4n) is 3.00. The Morgan fingerprint density at radius 1 is 1.19 bits per heavy atom. The van der Waals surface area contributed by atoms with Gasteiger partial charge in [-0.3, -0.25) is 24.6 Å². The van der Waals surface area contributed by atoms with Crippen molar-refractivity contribution in [2.45, 2.75) is 33.3 Å². The maximum absolute atomic E-state index is 12.8. The van der Waals surface area contributed by atoms with Crippen LogP contribution in [0.25, 0.3) is 0 Å². The summed E-state index contributed by atoms with van der Waals surface area (Å²) in [6, 6.07) is 9.43. The predicted molar refractivity (Wildman–Crippen MR) is 100 cm³/mol. The summed E-state index contributed by atoms with van der Waals surface area (Å²) in [5.41, 5.74) is 2.63. The van der Waals surface area contributed by atoms with Gasteiger partial charge < -0.3 is 4.74 Å². The number of nitrogens with zero attached hydrogens (tertiary/aromatic N) is 2. The average molecular weight is 368 g/mol. The molecule has 0 saturated carbocycles. The maximum Gasteiger partial charge on any atom is 0.271 e. The van der Waals surface area contributed by atoms with E-state index in [4.69, 9.17) is 4.74 Å². The molecule has 0 aliphatic carbocycles. The van der Waals surface area contributed by atoms with Crippen molar-refractivity contribution in [3.8, 4) is 5.75 Å². The van der Waals surface area contributed by atoms with E-state index in [0.29, 0.717) is 17.7 Å². The van der Waals surface area contributed by atoms with Crippen molar-refractivity contribution in [3.05, 3.63) is 63.2 Å². The third-order valence-electron chi connectivity index (χ3n) is 4.76. The quantitative estimate of drug-likeness (QED) is 0.457. The van der Waals surface area contributed by atoms with Gasteiger partial charge in [-0.2, -0.15) is 0 Å². The van der Waals surface area contributed by atoms with Gasteiger partial charge in [0, 0.05) is 17.7 Å². The van der Waals surface area contributed by atoms with Crippen molar-refractivity contribution in [2.24, 2.45) is 0 Å². The van der Waals surface area contributed by atoms with E-state index in [1.54, 1.807) is 12.1 Å². The molecule has 0 aromatic heterocycles. The summed E-state index contributed by atoms with van der Waals surface area (Å²) in [5.74, 6) is -0.247. The maximum atomic E-state index is 12.8. The molecule has 1 atom stereocenters. The third-order valence-corrected chi connectivity index (χ3v) is 4.76. The SMILES string of the molecule is CCC1Oc2ccc([N+](=O)[O-])cc2N(CC(=O)c2ccc(C)c(C)c2)C1=O. The van der Waals surface area contributed by atoms with E-state index in [2.05, 4.69) is 0 Å². The number of Topliss-reactive ketones (excluding diaryl/α,β-unsaturated/α-hetero) is 1. The molecule has 1 amide bonds. The number of fused-ring (bicyclic) bond motifs is 1. The summed E-state index contributed by atoms with van der Waals surface area (Å²) in [6.45, 7) is 5.48. The second kappa shape index (κ2) is 7.19. The number of non-ortho nitro benzene ring substituents is 1. The Bertz CT molecular complexity index is 938. The van der Waals surface area contributed by atoms with Crippen LogP contribution in [0.5, 0.6) is 5.75 Å². The Morgan fingerprint density at radius 3 is 2.56 bits per heavy atom. The molecule has 0 saturated heterocycles. The number of rotatable bonds is 5. The van der Waals surface area contributed by atoms with Crippen LogP contribution in [0.1, 0.15) is 34.8 Å². The number of hydrogen-bond donors (Lipinski definition) is 0. The molecule has 140 valence electrons. The molecule has 7 nitrogen and oxygen atoms in total. The highest BCUT2D eigenvalue weighted by atomic mass is 16.6. The molecule has 1 aliphatic rings. The van der Waals surface area contributed by atoms with Crippen molar-refractivity contribution in [3.63, 3.8) is 0 Å². The molecular weight excluding hydrogens is 348 g/mol. The van der Waals surface area contributed by atoms with Crippen molar-refractivity contribution >= 4 is 23.1 Å². The summed E-state index contributed by atoms with van der Waals surface area (Å²) >= 11 is 0. The number of ether oxygens (including phenoxy) is 1. The molecule has 0 bridgehead atoms. The van der Waals surface area contributed by atoms with Crippen molar-refractivity contribution < 1.29 is 19.2 Å². The number of carbonyl (C=O) groups excluding carboxylic acids is 2. The molecule has 2 aromatic carbocycles. The smallest absolute Gasteiger partial charge is 0.271 e. The van der Waals surface area contributed by atoms with Gasteiger partial charge in [0.2, 0.25) is 0 Å². The van der Waals surface area contributed by atoms with Crippen LogP contribution in [-0.4, -0.2) is 29.3 Å². The van der Waals surface area contributed by atoms with Crippen molar-refractivity contribution in [2.75, 3.05) is 11.4 Å². The number of anilines is 1. The van der Waals surface area contributed by atoms with E-state index in [1.807, 2.05) is 26.8 Å². The minimum absolute atomic E-state index is 0.163. The number of carbonyl (C=O) groups is 2. The minimum Gasteiger partial charge on any atom is -0.478 e. The van der Waals surface area contributed by atoms with Crippen LogP contribution in [0, 0.1) is 24.0 Å². The number of aryl methyl sites for hydroxylation is 2. The van der Waals surface area contributed by atoms with E-state index < -0.39 is 11.0 Å². The Balaban J connectivity index is 1.98. The van der Waals surface area contributed by atoms with Crippen LogP contribution in [0.15, 0.2) is 36.4 Å². The summed E-state index contributed by atoms with van der Waals surface area (Å²) in [5, 5.41) is 11.1. The van der Waals surface area contributed by atoms with Gasteiger partial charge in [-0.15, -0.1) is 0 Å². The molecule has 27 heavy (non-hydrogen) atoms. The highest BCUT2D eigenvalue weighted by Gasteiger charge is 2.35. The number of amides is 1. The molecule has 1 aliphatic heterocycles. The van der Waals surface area contributed by atoms with E-state index in [0.717, 1.165) is 11.1 Å². The van der Waals surface area contributed by atoms with Gasteiger partial charge in [0.15, 0.2) is 11.9 Å². The topological polar surface area (TPSA) is 89.8 Å². The monoisotopic (exact) mass is 368 g/mol. The van der Waals surface area contributed by atoms with Gasteiger partial charge in [-0.25, -0.2) is 0 Å². The molecule has 7 heteroatoms. The first-order chi connectivity index (χ1) is 12.8. The highest BCUT2D eigenvalue weighted by molar-refractivity contribution is 6.08. The summed E-state index contributed by atoms with van der Waals surface area (Å²) < 4.78 is 5.66. The first-order valence-electron chi connectivity index (χ1n) is 8.68. The number of nitro benzene ring substituents is 1. The van der Waals surface area contributed by atoms with Gasteiger partial charge in [-0.1, -0.05) is 19.1 Å². The molecule has 3 rings (SSSR count). The van der Waals surface area contributed by atoms with Crippen LogP contribution < -0.4 is 9.64 Å². The molecule has 0 spiro atoms.